The Morgan fingerprint density at radius 2 is 1.65 bits per heavy atom. The van der Waals surface area contributed by atoms with Gasteiger partial charge in [0.05, 0.1) is 6.10 Å². The number of nitrogens with one attached hydrogen (secondary N) is 1. The van der Waals surface area contributed by atoms with Gasteiger partial charge in [0.25, 0.3) is 0 Å². The summed E-state index contributed by atoms with van der Waals surface area (Å²) in [5.74, 6) is 1.35. The zero-order chi connectivity index (χ0) is 13.5. The minimum atomic E-state index is 0.175. The molecule has 0 aromatic rings. The van der Waals surface area contributed by atoms with Crippen LogP contribution in [-0.2, 0) is 4.74 Å². The van der Waals surface area contributed by atoms with Gasteiger partial charge in [0.15, 0.2) is 0 Å². The van der Waals surface area contributed by atoms with Crippen LogP contribution in [0.3, 0.4) is 0 Å². The Bertz CT molecular complexity index is 182. The smallest absolute Gasteiger partial charge is 0.0722 e. The lowest BCUT2D eigenvalue weighted by Gasteiger charge is -2.27. The van der Waals surface area contributed by atoms with Crippen molar-refractivity contribution in [2.75, 3.05) is 13.2 Å². The van der Waals surface area contributed by atoms with Gasteiger partial charge < -0.3 is 10.1 Å². The highest BCUT2D eigenvalue weighted by Crippen LogP contribution is 2.10. The van der Waals surface area contributed by atoms with Crippen LogP contribution in [-0.4, -0.2) is 24.8 Å². The normalized spacial score (nSPS) is 14.6. The first-order chi connectivity index (χ1) is 7.72. The SMILES string of the molecule is CC(C)CCCOC(CNC(C)(C)C)C(C)C. The van der Waals surface area contributed by atoms with E-state index >= 15 is 0 Å². The quantitative estimate of drug-likeness (QED) is 0.654. The van der Waals surface area contributed by atoms with E-state index in [1.54, 1.807) is 0 Å². The number of rotatable bonds is 8. The molecule has 1 unspecified atom stereocenters. The van der Waals surface area contributed by atoms with Gasteiger partial charge in [0, 0.05) is 18.7 Å². The van der Waals surface area contributed by atoms with E-state index in [1.165, 1.54) is 12.8 Å². The average Bonchev–Trinajstić information content (AvgIpc) is 2.13. The van der Waals surface area contributed by atoms with Crippen LogP contribution in [0.15, 0.2) is 0 Å². The Morgan fingerprint density at radius 1 is 1.06 bits per heavy atom. The maximum atomic E-state index is 5.99. The van der Waals surface area contributed by atoms with E-state index < -0.39 is 0 Å². The molecule has 0 rings (SSSR count). The van der Waals surface area contributed by atoms with Gasteiger partial charge >= 0.3 is 0 Å². The standard InChI is InChI=1S/C15H33NO/c1-12(2)9-8-10-17-14(13(3)4)11-16-15(5,6)7/h12-14,16H,8-11H2,1-7H3. The van der Waals surface area contributed by atoms with Crippen molar-refractivity contribution in [3.63, 3.8) is 0 Å². The average molecular weight is 243 g/mol. The van der Waals surface area contributed by atoms with Crippen LogP contribution in [0.2, 0.25) is 0 Å². The molecule has 0 aliphatic heterocycles. The fourth-order valence-electron chi connectivity index (χ4n) is 1.62. The summed E-state index contributed by atoms with van der Waals surface area (Å²) in [4.78, 5) is 0. The van der Waals surface area contributed by atoms with Crippen molar-refractivity contribution in [3.05, 3.63) is 0 Å². The fourth-order valence-corrected chi connectivity index (χ4v) is 1.62. The van der Waals surface area contributed by atoms with Crippen molar-refractivity contribution in [3.8, 4) is 0 Å². The first-order valence-corrected chi connectivity index (χ1v) is 7.09. The van der Waals surface area contributed by atoms with Crippen LogP contribution < -0.4 is 5.32 Å². The van der Waals surface area contributed by atoms with Gasteiger partial charge in [-0.2, -0.15) is 0 Å². The van der Waals surface area contributed by atoms with Crippen LogP contribution in [0.1, 0.15) is 61.3 Å². The molecule has 2 heteroatoms. The van der Waals surface area contributed by atoms with Crippen LogP contribution in [0.5, 0.6) is 0 Å². The van der Waals surface area contributed by atoms with E-state index in [-0.39, 0.29) is 5.54 Å². The summed E-state index contributed by atoms with van der Waals surface area (Å²) in [7, 11) is 0. The highest BCUT2D eigenvalue weighted by molar-refractivity contribution is 4.75. The minimum absolute atomic E-state index is 0.175. The predicted octanol–water partition coefficient (Wildman–Crippen LogP) is 3.85. The molecule has 0 amide bonds. The zero-order valence-electron chi connectivity index (χ0n) is 13.0. The van der Waals surface area contributed by atoms with E-state index in [2.05, 4.69) is 53.8 Å². The molecule has 2 nitrogen and oxygen atoms in total. The molecule has 0 aromatic carbocycles. The molecule has 0 aromatic heterocycles. The van der Waals surface area contributed by atoms with Gasteiger partial charge in [-0.05, 0) is 45.4 Å². The zero-order valence-corrected chi connectivity index (χ0v) is 13.0. The lowest BCUT2D eigenvalue weighted by molar-refractivity contribution is 0.0163. The van der Waals surface area contributed by atoms with E-state index in [0.29, 0.717) is 12.0 Å². The molecule has 0 heterocycles. The largest absolute Gasteiger partial charge is 0.377 e. The number of hydrogen-bond donors (Lipinski definition) is 1. The predicted molar refractivity (Wildman–Crippen MR) is 76.4 cm³/mol. The molecular formula is C15H33NO. The van der Waals surface area contributed by atoms with Gasteiger partial charge in [-0.1, -0.05) is 27.7 Å². The van der Waals surface area contributed by atoms with Crippen LogP contribution >= 0.6 is 0 Å². The van der Waals surface area contributed by atoms with Gasteiger partial charge in [-0.3, -0.25) is 0 Å². The summed E-state index contributed by atoms with van der Waals surface area (Å²) in [6.45, 7) is 17.4. The third-order valence-electron chi connectivity index (χ3n) is 2.83. The number of ether oxygens (including phenoxy) is 1. The summed E-state index contributed by atoms with van der Waals surface area (Å²) in [6, 6.07) is 0. The lowest BCUT2D eigenvalue weighted by atomic mass is 10.0. The van der Waals surface area contributed by atoms with Gasteiger partial charge in [0.2, 0.25) is 0 Å². The van der Waals surface area contributed by atoms with Crippen molar-refractivity contribution >= 4 is 0 Å². The van der Waals surface area contributed by atoms with Gasteiger partial charge in [0.1, 0.15) is 0 Å². The maximum Gasteiger partial charge on any atom is 0.0722 e. The third-order valence-corrected chi connectivity index (χ3v) is 2.83. The summed E-state index contributed by atoms with van der Waals surface area (Å²) in [5, 5.41) is 3.53. The molecule has 0 aliphatic rings. The Kier molecular flexibility index (Phi) is 8.06. The van der Waals surface area contributed by atoms with Crippen LogP contribution in [0.4, 0.5) is 0 Å². The maximum absolute atomic E-state index is 5.99. The molecular weight excluding hydrogens is 210 g/mol. The molecule has 0 fully saturated rings. The first-order valence-electron chi connectivity index (χ1n) is 7.09. The topological polar surface area (TPSA) is 21.3 Å². The Hall–Kier alpha value is -0.0800. The molecule has 0 bridgehead atoms. The summed E-state index contributed by atoms with van der Waals surface area (Å²) in [6.07, 6.45) is 2.77. The second-order valence-corrected chi connectivity index (χ2v) is 6.82. The Balaban J connectivity index is 3.83. The van der Waals surface area contributed by atoms with Crippen LogP contribution in [0, 0.1) is 11.8 Å². The first kappa shape index (κ1) is 16.9. The monoisotopic (exact) mass is 243 g/mol. The highest BCUT2D eigenvalue weighted by atomic mass is 16.5. The van der Waals surface area contributed by atoms with Gasteiger partial charge in [-0.15, -0.1) is 0 Å². The minimum Gasteiger partial charge on any atom is -0.377 e. The van der Waals surface area contributed by atoms with Crippen LogP contribution in [0.25, 0.3) is 0 Å². The van der Waals surface area contributed by atoms with Crippen molar-refractivity contribution in [1.29, 1.82) is 0 Å². The third kappa shape index (κ3) is 10.8. The molecule has 104 valence electrons. The highest BCUT2D eigenvalue weighted by Gasteiger charge is 2.17. The Morgan fingerprint density at radius 3 is 2.06 bits per heavy atom. The van der Waals surface area contributed by atoms with E-state index in [9.17, 15) is 0 Å². The fraction of sp³-hybridized carbons (Fsp3) is 1.00. The second kappa shape index (κ2) is 8.10. The van der Waals surface area contributed by atoms with Crippen molar-refractivity contribution < 1.29 is 4.74 Å². The number of hydrogen-bond acceptors (Lipinski definition) is 2. The summed E-state index contributed by atoms with van der Waals surface area (Å²) < 4.78 is 5.99. The van der Waals surface area contributed by atoms with E-state index in [0.717, 1.165) is 19.1 Å². The second-order valence-electron chi connectivity index (χ2n) is 6.82. The van der Waals surface area contributed by atoms with E-state index in [4.69, 9.17) is 4.74 Å². The molecule has 0 aliphatic carbocycles. The molecule has 0 saturated heterocycles. The van der Waals surface area contributed by atoms with Crippen molar-refractivity contribution in [2.24, 2.45) is 11.8 Å². The van der Waals surface area contributed by atoms with Crippen molar-refractivity contribution in [2.45, 2.75) is 73.0 Å². The van der Waals surface area contributed by atoms with Gasteiger partial charge in [-0.25, -0.2) is 0 Å². The van der Waals surface area contributed by atoms with Crippen molar-refractivity contribution in [1.82, 2.24) is 5.32 Å². The Labute approximate surface area is 109 Å². The summed E-state index contributed by atoms with van der Waals surface area (Å²) >= 11 is 0. The molecule has 0 spiro atoms. The van der Waals surface area contributed by atoms with E-state index in [1.807, 2.05) is 0 Å². The molecule has 1 N–H and O–H groups in total. The molecule has 1 atom stereocenters. The molecule has 17 heavy (non-hydrogen) atoms. The lowest BCUT2D eigenvalue weighted by Crippen LogP contribution is -2.43. The molecule has 0 saturated carbocycles. The summed E-state index contributed by atoms with van der Waals surface area (Å²) in [5.41, 5.74) is 0.175. The molecule has 0 radical (unpaired) electrons.